The number of anilines is 1. The fourth-order valence-corrected chi connectivity index (χ4v) is 3.64. The summed E-state index contributed by atoms with van der Waals surface area (Å²) in [5, 5.41) is 9.35. The molecule has 0 saturated heterocycles. The number of hydrogen-bond donors (Lipinski definition) is 3. The van der Waals surface area contributed by atoms with Gasteiger partial charge in [-0.15, -0.1) is 0 Å². The molecule has 31 heavy (non-hydrogen) atoms. The third-order valence-corrected chi connectivity index (χ3v) is 5.53. The average Bonchev–Trinajstić information content (AvgIpc) is 3.63. The van der Waals surface area contributed by atoms with Crippen LogP contribution < -0.4 is 20.7 Å². The van der Waals surface area contributed by atoms with Gasteiger partial charge in [0.25, 0.3) is 5.91 Å². The molecule has 2 saturated carbocycles. The van der Waals surface area contributed by atoms with E-state index in [-0.39, 0.29) is 42.2 Å². The van der Waals surface area contributed by atoms with Crippen molar-refractivity contribution in [3.05, 3.63) is 36.5 Å². The second-order valence-electron chi connectivity index (χ2n) is 7.86. The molecule has 2 unspecified atom stereocenters. The Labute approximate surface area is 183 Å². The smallest absolute Gasteiger partial charge is 0.269 e. The van der Waals surface area contributed by atoms with Gasteiger partial charge < -0.3 is 20.7 Å². The van der Waals surface area contributed by atoms with E-state index in [2.05, 4.69) is 32.7 Å². The lowest BCUT2D eigenvalue weighted by molar-refractivity contribution is -0.124. The topological polar surface area (TPSA) is 104 Å². The van der Waals surface area contributed by atoms with Crippen LogP contribution >= 0.6 is 0 Å². The zero-order valence-electron chi connectivity index (χ0n) is 18.0. The highest BCUT2D eigenvalue weighted by molar-refractivity contribution is 6.43. The van der Waals surface area contributed by atoms with Crippen LogP contribution in [0.15, 0.2) is 46.5 Å². The maximum Gasteiger partial charge on any atom is 0.269 e. The highest BCUT2D eigenvalue weighted by Crippen LogP contribution is 2.30. The van der Waals surface area contributed by atoms with Crippen molar-refractivity contribution >= 4 is 29.9 Å². The molecule has 8 heteroatoms. The van der Waals surface area contributed by atoms with E-state index in [1.807, 2.05) is 24.3 Å². The molecular formula is C23H31N5O3. The number of carbonyl (C=O) groups excluding carboxylic acids is 2. The predicted octanol–water partition coefficient (Wildman–Crippen LogP) is 2.67. The molecular weight excluding hydrogens is 394 g/mol. The lowest BCUT2D eigenvalue weighted by Crippen LogP contribution is -2.54. The zero-order valence-corrected chi connectivity index (χ0v) is 18.0. The molecule has 0 bridgehead atoms. The third kappa shape index (κ3) is 6.94. The molecule has 3 N–H and O–H groups in total. The van der Waals surface area contributed by atoms with E-state index < -0.39 is 0 Å². The Kier molecular flexibility index (Phi) is 8.20. The molecule has 3 rings (SSSR count). The molecule has 2 aliphatic carbocycles. The van der Waals surface area contributed by atoms with Crippen LogP contribution in [-0.4, -0.2) is 50.1 Å². The van der Waals surface area contributed by atoms with E-state index in [0.717, 1.165) is 50.0 Å². The number of aliphatic imine (C=N–C) groups is 2. The largest absolute Gasteiger partial charge is 0.497 e. The van der Waals surface area contributed by atoms with E-state index in [1.165, 1.54) is 12.3 Å². The van der Waals surface area contributed by atoms with Gasteiger partial charge in [0.1, 0.15) is 18.1 Å². The van der Waals surface area contributed by atoms with Crippen molar-refractivity contribution < 1.29 is 14.3 Å². The predicted molar refractivity (Wildman–Crippen MR) is 123 cm³/mol. The molecule has 1 aromatic carbocycles. The van der Waals surface area contributed by atoms with Gasteiger partial charge in [0.15, 0.2) is 0 Å². The summed E-state index contributed by atoms with van der Waals surface area (Å²) in [5.41, 5.74) is 1.09. The van der Waals surface area contributed by atoms with Crippen molar-refractivity contribution in [3.63, 3.8) is 0 Å². The van der Waals surface area contributed by atoms with Crippen LogP contribution in [-0.2, 0) is 9.59 Å². The number of hydrogen-bond acceptors (Lipinski definition) is 6. The van der Waals surface area contributed by atoms with Crippen LogP contribution in [0, 0.1) is 5.92 Å². The molecule has 2 aliphatic rings. The normalized spacial score (nSPS) is 21.4. The molecule has 2 amide bonds. The van der Waals surface area contributed by atoms with Crippen molar-refractivity contribution in [1.29, 1.82) is 0 Å². The summed E-state index contributed by atoms with van der Waals surface area (Å²) in [6.45, 7) is 3.63. The first-order chi connectivity index (χ1) is 15.1. The van der Waals surface area contributed by atoms with Crippen molar-refractivity contribution in [2.24, 2.45) is 15.9 Å². The summed E-state index contributed by atoms with van der Waals surface area (Å²) >= 11 is 0. The molecule has 166 valence electrons. The second-order valence-corrected chi connectivity index (χ2v) is 7.86. The van der Waals surface area contributed by atoms with Crippen molar-refractivity contribution in [2.75, 3.05) is 19.1 Å². The summed E-state index contributed by atoms with van der Waals surface area (Å²) in [6, 6.07) is 7.34. The van der Waals surface area contributed by atoms with Crippen molar-refractivity contribution in [1.82, 2.24) is 10.6 Å². The third-order valence-electron chi connectivity index (χ3n) is 5.53. The second kappa shape index (κ2) is 11.3. The number of carbonyl (C=O) groups is 2. The van der Waals surface area contributed by atoms with Crippen LogP contribution in [0.25, 0.3) is 0 Å². The number of methoxy groups -OCH3 is 1. The maximum absolute atomic E-state index is 12.9. The van der Waals surface area contributed by atoms with Gasteiger partial charge in [0.05, 0.1) is 7.11 Å². The molecule has 2 atom stereocenters. The first kappa shape index (κ1) is 22.5. The van der Waals surface area contributed by atoms with Gasteiger partial charge in [-0.2, -0.15) is 0 Å². The molecule has 8 nitrogen and oxygen atoms in total. The maximum atomic E-state index is 12.9. The fraction of sp³-hybridized carbons (Fsp3) is 0.478. The van der Waals surface area contributed by atoms with Gasteiger partial charge in [0, 0.05) is 36.0 Å². The molecule has 1 aromatic rings. The minimum Gasteiger partial charge on any atom is -0.497 e. The minimum absolute atomic E-state index is 0.0385. The van der Waals surface area contributed by atoms with E-state index in [0.29, 0.717) is 0 Å². The summed E-state index contributed by atoms with van der Waals surface area (Å²) in [6.07, 6.45) is 8.69. The Bertz CT molecular complexity index is 847. The van der Waals surface area contributed by atoms with E-state index in [4.69, 9.17) is 4.74 Å². The van der Waals surface area contributed by atoms with Crippen LogP contribution in [0.3, 0.4) is 0 Å². The lowest BCUT2D eigenvalue weighted by Gasteiger charge is -2.32. The van der Waals surface area contributed by atoms with Crippen molar-refractivity contribution in [2.45, 2.75) is 50.6 Å². The molecule has 0 heterocycles. The summed E-state index contributed by atoms with van der Waals surface area (Å²) < 4.78 is 5.21. The number of ether oxygens (including phenoxy) is 1. The van der Waals surface area contributed by atoms with Gasteiger partial charge >= 0.3 is 0 Å². The fourth-order valence-electron chi connectivity index (χ4n) is 3.64. The highest BCUT2D eigenvalue weighted by atomic mass is 16.5. The van der Waals surface area contributed by atoms with Gasteiger partial charge in [-0.1, -0.05) is 18.9 Å². The Morgan fingerprint density at radius 3 is 2.58 bits per heavy atom. The first-order valence-corrected chi connectivity index (χ1v) is 10.8. The van der Waals surface area contributed by atoms with Crippen LogP contribution in [0.5, 0.6) is 5.75 Å². The van der Waals surface area contributed by atoms with Crippen LogP contribution in [0.4, 0.5) is 5.69 Å². The zero-order chi connectivity index (χ0) is 22.1. The quantitative estimate of drug-likeness (QED) is 0.501. The average molecular weight is 426 g/mol. The Morgan fingerprint density at radius 2 is 1.90 bits per heavy atom. The highest BCUT2D eigenvalue weighted by Gasteiger charge is 2.34. The standard InChI is InChI=1S/C23H31N5O3/c1-24-13-12-21(26-15-25-17-6-5-7-18(14-17)31-2)23(30)28-20-9-4-3-8-19(20)27-22(29)16-10-11-16/h5-7,12-14,16,19-20,25H,1,3-4,8-11,15H2,2H3,(H,27,29)(H,28,30)/b13-12-,26-21+. The Morgan fingerprint density at radius 1 is 1.16 bits per heavy atom. The lowest BCUT2D eigenvalue weighted by atomic mass is 9.90. The van der Waals surface area contributed by atoms with E-state index >= 15 is 0 Å². The number of nitrogens with one attached hydrogen (secondary N) is 3. The van der Waals surface area contributed by atoms with Crippen LogP contribution in [0.2, 0.25) is 0 Å². The van der Waals surface area contributed by atoms with Crippen LogP contribution in [0.1, 0.15) is 38.5 Å². The van der Waals surface area contributed by atoms with Gasteiger partial charge in [-0.3, -0.25) is 19.6 Å². The molecule has 0 spiro atoms. The SMILES string of the molecule is C=N/C=C\C(=N/CNc1cccc(OC)c1)C(=O)NC1CCCCC1NC(=O)C1CC1. The number of nitrogens with zero attached hydrogens (tertiary/aromatic N) is 2. The molecule has 0 aromatic heterocycles. The molecule has 0 radical (unpaired) electrons. The molecule has 2 fully saturated rings. The van der Waals surface area contributed by atoms with Gasteiger partial charge in [-0.05, 0) is 50.6 Å². The number of rotatable bonds is 10. The van der Waals surface area contributed by atoms with E-state index in [1.54, 1.807) is 7.11 Å². The summed E-state index contributed by atoms with van der Waals surface area (Å²) in [4.78, 5) is 33.2. The number of benzene rings is 1. The van der Waals surface area contributed by atoms with Gasteiger partial charge in [0.2, 0.25) is 5.91 Å². The monoisotopic (exact) mass is 425 g/mol. The number of amides is 2. The summed E-state index contributed by atoms with van der Waals surface area (Å²) in [5.74, 6) is 0.710. The van der Waals surface area contributed by atoms with E-state index in [9.17, 15) is 9.59 Å². The Balaban J connectivity index is 1.62. The summed E-state index contributed by atoms with van der Waals surface area (Å²) in [7, 11) is 1.61. The minimum atomic E-state index is -0.287. The Hall–Kier alpha value is -3.16. The van der Waals surface area contributed by atoms with Gasteiger partial charge in [-0.25, -0.2) is 0 Å². The first-order valence-electron chi connectivity index (χ1n) is 10.8. The molecule has 0 aliphatic heterocycles. The van der Waals surface area contributed by atoms with Crippen molar-refractivity contribution in [3.8, 4) is 5.75 Å².